The Morgan fingerprint density at radius 3 is 2.65 bits per heavy atom. The molecule has 0 saturated carbocycles. The number of benzene rings is 2. The molecule has 0 unspecified atom stereocenters. The van der Waals surface area contributed by atoms with Gasteiger partial charge in [0.05, 0.1) is 17.6 Å². The van der Waals surface area contributed by atoms with Gasteiger partial charge in [-0.2, -0.15) is 9.61 Å². The molecule has 0 fully saturated rings. The Morgan fingerprint density at radius 1 is 1.15 bits per heavy atom. The van der Waals surface area contributed by atoms with E-state index in [0.717, 1.165) is 11.3 Å². The number of hydrogen-bond acceptors (Lipinski definition) is 7. The minimum absolute atomic E-state index is 0.0224. The monoisotopic (exact) mass is 367 g/mol. The SMILES string of the molecule is COc1ccc(Cc2nnc3sc(-c4ccccc4[N+](=O)[O-])nn23)cc1. The Labute approximate surface area is 151 Å². The molecular weight excluding hydrogens is 354 g/mol. The lowest BCUT2D eigenvalue weighted by Crippen LogP contribution is -1.98. The number of fused-ring (bicyclic) bond motifs is 1. The Kier molecular flexibility index (Phi) is 4.05. The molecule has 0 bridgehead atoms. The molecule has 0 aliphatic heterocycles. The fourth-order valence-corrected chi connectivity index (χ4v) is 3.51. The summed E-state index contributed by atoms with van der Waals surface area (Å²) in [6.07, 6.45) is 0.547. The van der Waals surface area contributed by atoms with Crippen molar-refractivity contribution in [3.05, 3.63) is 70.0 Å². The van der Waals surface area contributed by atoms with E-state index >= 15 is 0 Å². The zero-order valence-electron chi connectivity index (χ0n) is 13.7. The van der Waals surface area contributed by atoms with Crippen LogP contribution in [-0.4, -0.2) is 31.8 Å². The molecule has 26 heavy (non-hydrogen) atoms. The second kappa shape index (κ2) is 6.52. The highest BCUT2D eigenvalue weighted by molar-refractivity contribution is 7.19. The van der Waals surface area contributed by atoms with Crippen molar-refractivity contribution in [2.75, 3.05) is 7.11 Å². The standard InChI is InChI=1S/C17H13N5O3S/c1-25-12-8-6-11(7-9-12)10-15-18-19-17-21(15)20-16(26-17)13-4-2-3-5-14(13)22(23)24/h2-9H,10H2,1H3. The van der Waals surface area contributed by atoms with Crippen molar-refractivity contribution in [3.63, 3.8) is 0 Å². The molecule has 2 aromatic heterocycles. The van der Waals surface area contributed by atoms with Crippen LogP contribution in [0.15, 0.2) is 48.5 Å². The molecule has 8 nitrogen and oxygen atoms in total. The van der Waals surface area contributed by atoms with Crippen LogP contribution in [0.3, 0.4) is 0 Å². The molecule has 0 N–H and O–H groups in total. The summed E-state index contributed by atoms with van der Waals surface area (Å²) in [7, 11) is 1.62. The normalized spacial score (nSPS) is 11.0. The summed E-state index contributed by atoms with van der Waals surface area (Å²) < 4.78 is 6.80. The lowest BCUT2D eigenvalue weighted by molar-refractivity contribution is -0.384. The van der Waals surface area contributed by atoms with E-state index < -0.39 is 4.92 Å². The number of aromatic nitrogens is 4. The van der Waals surface area contributed by atoms with Crippen molar-refractivity contribution in [1.82, 2.24) is 19.8 Å². The van der Waals surface area contributed by atoms with Crippen LogP contribution in [0.5, 0.6) is 5.75 Å². The van der Waals surface area contributed by atoms with Crippen molar-refractivity contribution in [2.24, 2.45) is 0 Å². The van der Waals surface area contributed by atoms with Crippen LogP contribution < -0.4 is 4.74 Å². The van der Waals surface area contributed by atoms with E-state index in [9.17, 15) is 10.1 Å². The summed E-state index contributed by atoms with van der Waals surface area (Å²) in [4.78, 5) is 11.4. The van der Waals surface area contributed by atoms with Gasteiger partial charge in [0, 0.05) is 12.5 Å². The van der Waals surface area contributed by atoms with E-state index in [1.807, 2.05) is 24.3 Å². The zero-order chi connectivity index (χ0) is 18.1. The van der Waals surface area contributed by atoms with Crippen molar-refractivity contribution in [3.8, 4) is 16.3 Å². The molecular formula is C17H13N5O3S. The predicted octanol–water partition coefficient (Wildman–Crippen LogP) is 3.36. The minimum Gasteiger partial charge on any atom is -0.497 e. The number of methoxy groups -OCH3 is 1. The predicted molar refractivity (Wildman–Crippen MR) is 96.5 cm³/mol. The van der Waals surface area contributed by atoms with Crippen molar-refractivity contribution in [1.29, 1.82) is 0 Å². The van der Waals surface area contributed by atoms with E-state index in [4.69, 9.17) is 4.74 Å². The van der Waals surface area contributed by atoms with Crippen LogP contribution in [-0.2, 0) is 6.42 Å². The summed E-state index contributed by atoms with van der Waals surface area (Å²) in [5, 5.41) is 24.6. The van der Waals surface area contributed by atoms with Gasteiger partial charge in [-0.15, -0.1) is 10.2 Å². The van der Waals surface area contributed by atoms with Gasteiger partial charge < -0.3 is 4.74 Å². The topological polar surface area (TPSA) is 95.5 Å². The van der Waals surface area contributed by atoms with E-state index in [-0.39, 0.29) is 5.69 Å². The maximum Gasteiger partial charge on any atom is 0.279 e. The summed E-state index contributed by atoms with van der Waals surface area (Å²) >= 11 is 1.27. The minimum atomic E-state index is -0.407. The lowest BCUT2D eigenvalue weighted by atomic mass is 10.1. The molecule has 0 spiro atoms. The maximum absolute atomic E-state index is 11.2. The van der Waals surface area contributed by atoms with Gasteiger partial charge in [-0.05, 0) is 23.8 Å². The average Bonchev–Trinajstić information content (AvgIpc) is 3.24. The van der Waals surface area contributed by atoms with Gasteiger partial charge in [-0.25, -0.2) is 0 Å². The second-order valence-corrected chi connectivity index (χ2v) is 6.47. The lowest BCUT2D eigenvalue weighted by Gasteiger charge is -2.01. The molecule has 0 radical (unpaired) electrons. The molecule has 130 valence electrons. The second-order valence-electron chi connectivity index (χ2n) is 5.52. The van der Waals surface area contributed by atoms with Crippen molar-refractivity contribution in [2.45, 2.75) is 6.42 Å². The third kappa shape index (κ3) is 2.88. The highest BCUT2D eigenvalue weighted by Gasteiger charge is 2.20. The molecule has 0 saturated heterocycles. The van der Waals surface area contributed by atoms with Gasteiger partial charge in [0.2, 0.25) is 4.96 Å². The largest absolute Gasteiger partial charge is 0.497 e. The zero-order valence-corrected chi connectivity index (χ0v) is 14.5. The Bertz CT molecular complexity index is 1090. The molecule has 0 aliphatic rings. The van der Waals surface area contributed by atoms with Gasteiger partial charge in [0.1, 0.15) is 5.75 Å². The summed E-state index contributed by atoms with van der Waals surface area (Å²) in [6.45, 7) is 0. The third-order valence-electron chi connectivity index (χ3n) is 3.91. The number of rotatable bonds is 5. The van der Waals surface area contributed by atoms with Crippen LogP contribution >= 0.6 is 11.3 Å². The van der Waals surface area contributed by atoms with E-state index in [2.05, 4.69) is 15.3 Å². The number of ether oxygens (including phenoxy) is 1. The van der Waals surface area contributed by atoms with Crippen LogP contribution in [0, 0.1) is 10.1 Å². The highest BCUT2D eigenvalue weighted by atomic mass is 32.1. The smallest absolute Gasteiger partial charge is 0.279 e. The van der Waals surface area contributed by atoms with Gasteiger partial charge in [-0.1, -0.05) is 35.6 Å². The molecule has 4 aromatic rings. The third-order valence-corrected chi connectivity index (χ3v) is 4.84. The Balaban J connectivity index is 1.70. The first-order valence-corrected chi connectivity index (χ1v) is 8.55. The summed E-state index contributed by atoms with van der Waals surface area (Å²) in [5.74, 6) is 1.46. The van der Waals surface area contributed by atoms with Gasteiger partial charge in [0.15, 0.2) is 10.8 Å². The first-order chi connectivity index (χ1) is 12.7. The van der Waals surface area contributed by atoms with Crippen LogP contribution in [0.1, 0.15) is 11.4 Å². The van der Waals surface area contributed by atoms with E-state index in [1.165, 1.54) is 17.4 Å². The number of hydrogen-bond donors (Lipinski definition) is 0. The Hall–Kier alpha value is -3.33. The molecule has 2 aromatic carbocycles. The summed E-state index contributed by atoms with van der Waals surface area (Å²) in [5.41, 5.74) is 1.54. The average molecular weight is 367 g/mol. The molecule has 9 heteroatoms. The number of nitro benzene ring substituents is 1. The molecule has 2 heterocycles. The first kappa shape index (κ1) is 16.2. The highest BCUT2D eigenvalue weighted by Crippen LogP contribution is 2.32. The quantitative estimate of drug-likeness (QED) is 0.396. The van der Waals surface area contributed by atoms with Crippen molar-refractivity contribution < 1.29 is 9.66 Å². The first-order valence-electron chi connectivity index (χ1n) is 7.73. The van der Waals surface area contributed by atoms with E-state index in [1.54, 1.807) is 29.8 Å². The molecule has 4 rings (SSSR count). The van der Waals surface area contributed by atoms with E-state index in [0.29, 0.717) is 27.8 Å². The van der Waals surface area contributed by atoms with Crippen LogP contribution in [0.4, 0.5) is 5.69 Å². The number of para-hydroxylation sites is 1. The molecule has 0 aliphatic carbocycles. The maximum atomic E-state index is 11.2. The number of nitro groups is 1. The number of nitrogens with zero attached hydrogens (tertiary/aromatic N) is 5. The fourth-order valence-electron chi connectivity index (χ4n) is 2.62. The van der Waals surface area contributed by atoms with Crippen LogP contribution in [0.2, 0.25) is 0 Å². The molecule has 0 atom stereocenters. The van der Waals surface area contributed by atoms with Gasteiger partial charge >= 0.3 is 0 Å². The van der Waals surface area contributed by atoms with Crippen LogP contribution in [0.25, 0.3) is 15.5 Å². The van der Waals surface area contributed by atoms with Gasteiger partial charge in [-0.3, -0.25) is 10.1 Å². The van der Waals surface area contributed by atoms with Gasteiger partial charge in [0.25, 0.3) is 5.69 Å². The summed E-state index contributed by atoms with van der Waals surface area (Å²) in [6, 6.07) is 14.2. The van der Waals surface area contributed by atoms with Crippen molar-refractivity contribution >= 4 is 22.0 Å². The molecule has 0 amide bonds. The Morgan fingerprint density at radius 2 is 1.92 bits per heavy atom. The fraction of sp³-hybridized carbons (Fsp3) is 0.118.